The Hall–Kier alpha value is -3.48. The molecule has 1 aliphatic heterocycles. The van der Waals surface area contributed by atoms with Crippen molar-refractivity contribution in [2.45, 2.75) is 13.1 Å². The van der Waals surface area contributed by atoms with Crippen LogP contribution in [0.2, 0.25) is 0 Å². The van der Waals surface area contributed by atoms with Crippen LogP contribution in [0.15, 0.2) is 70.7 Å². The van der Waals surface area contributed by atoms with Crippen LogP contribution in [0.25, 0.3) is 0 Å². The van der Waals surface area contributed by atoms with Crippen LogP contribution < -0.4 is 16.2 Å². The third-order valence-corrected chi connectivity index (χ3v) is 3.85. The van der Waals surface area contributed by atoms with Gasteiger partial charge in [-0.3, -0.25) is 19.7 Å². The largest absolute Gasteiger partial charge is 0.326 e. The number of benzene rings is 1. The molecule has 3 aromatic rings. The van der Waals surface area contributed by atoms with E-state index in [-0.39, 0.29) is 5.56 Å². The van der Waals surface area contributed by atoms with Crippen LogP contribution in [-0.2, 0) is 0 Å². The summed E-state index contributed by atoms with van der Waals surface area (Å²) in [5.41, 5.74) is 2.25. The van der Waals surface area contributed by atoms with Crippen molar-refractivity contribution in [2.75, 3.05) is 10.6 Å². The summed E-state index contributed by atoms with van der Waals surface area (Å²) in [5.74, 6) is 0.991. The van der Waals surface area contributed by atoms with E-state index < -0.39 is 6.17 Å². The second kappa shape index (κ2) is 6.20. The number of aryl methyl sites for hydroxylation is 1. The first-order valence-electron chi connectivity index (χ1n) is 7.88. The van der Waals surface area contributed by atoms with E-state index in [1.54, 1.807) is 23.9 Å². The molecular weight excluding hydrogens is 316 g/mol. The molecular formula is C18H16N6O. The number of aliphatic imine (C=N–C) groups is 1. The van der Waals surface area contributed by atoms with E-state index >= 15 is 0 Å². The summed E-state index contributed by atoms with van der Waals surface area (Å²) in [4.78, 5) is 25.7. The molecule has 4 rings (SSSR count). The van der Waals surface area contributed by atoms with E-state index in [4.69, 9.17) is 0 Å². The van der Waals surface area contributed by atoms with Gasteiger partial charge < -0.3 is 5.32 Å². The van der Waals surface area contributed by atoms with Gasteiger partial charge in [-0.1, -0.05) is 18.2 Å². The van der Waals surface area contributed by atoms with Gasteiger partial charge >= 0.3 is 0 Å². The predicted molar refractivity (Wildman–Crippen MR) is 96.7 cm³/mol. The van der Waals surface area contributed by atoms with Gasteiger partial charge in [0.2, 0.25) is 11.9 Å². The molecule has 7 nitrogen and oxygen atoms in total. The van der Waals surface area contributed by atoms with Crippen LogP contribution in [0, 0.1) is 6.92 Å². The molecule has 2 N–H and O–H groups in total. The van der Waals surface area contributed by atoms with Gasteiger partial charge in [-0.25, -0.2) is 9.98 Å². The lowest BCUT2D eigenvalue weighted by atomic mass is 10.2. The summed E-state index contributed by atoms with van der Waals surface area (Å²) >= 11 is 0. The molecule has 1 atom stereocenters. The van der Waals surface area contributed by atoms with Crippen molar-refractivity contribution < 1.29 is 0 Å². The maximum absolute atomic E-state index is 12.5. The van der Waals surface area contributed by atoms with E-state index in [1.165, 1.54) is 6.07 Å². The van der Waals surface area contributed by atoms with Gasteiger partial charge in [0.15, 0.2) is 6.17 Å². The number of anilines is 2. The van der Waals surface area contributed by atoms with Crippen molar-refractivity contribution >= 4 is 17.6 Å². The second-order valence-corrected chi connectivity index (χ2v) is 5.68. The van der Waals surface area contributed by atoms with Crippen molar-refractivity contribution in [2.24, 2.45) is 4.99 Å². The molecule has 3 heterocycles. The zero-order valence-corrected chi connectivity index (χ0v) is 13.5. The van der Waals surface area contributed by atoms with Gasteiger partial charge in [-0.2, -0.15) is 0 Å². The molecule has 0 aliphatic carbocycles. The lowest BCUT2D eigenvalue weighted by Crippen LogP contribution is -2.37. The monoisotopic (exact) mass is 332 g/mol. The first-order valence-corrected chi connectivity index (χ1v) is 7.88. The third kappa shape index (κ3) is 2.99. The maximum Gasteiger partial charge on any atom is 0.257 e. The zero-order valence-electron chi connectivity index (χ0n) is 13.5. The third-order valence-electron chi connectivity index (χ3n) is 3.85. The summed E-state index contributed by atoms with van der Waals surface area (Å²) in [6, 6.07) is 14.9. The van der Waals surface area contributed by atoms with Crippen molar-refractivity contribution in [3.05, 3.63) is 82.5 Å². The Morgan fingerprint density at radius 3 is 2.64 bits per heavy atom. The first-order chi connectivity index (χ1) is 12.2. The normalized spacial score (nSPS) is 15.7. The highest BCUT2D eigenvalue weighted by molar-refractivity contribution is 6.03. The number of aromatic nitrogens is 3. The Bertz CT molecular complexity index is 981. The number of hydrogen-bond donors (Lipinski definition) is 2. The van der Waals surface area contributed by atoms with Crippen molar-refractivity contribution in [1.29, 1.82) is 0 Å². The van der Waals surface area contributed by atoms with Crippen LogP contribution in [0.5, 0.6) is 0 Å². The molecule has 2 aromatic heterocycles. The van der Waals surface area contributed by atoms with Crippen molar-refractivity contribution in [3.8, 4) is 0 Å². The highest BCUT2D eigenvalue weighted by atomic mass is 16.1. The number of nitrogens with zero attached hydrogens (tertiary/aromatic N) is 4. The molecule has 1 aliphatic rings. The fourth-order valence-corrected chi connectivity index (χ4v) is 2.73. The molecule has 0 saturated carbocycles. The highest BCUT2D eigenvalue weighted by Gasteiger charge is 2.24. The molecule has 0 bridgehead atoms. The van der Waals surface area contributed by atoms with Crippen LogP contribution in [0.1, 0.15) is 17.4 Å². The lowest BCUT2D eigenvalue weighted by molar-refractivity contribution is 0.576. The van der Waals surface area contributed by atoms with Crippen molar-refractivity contribution in [3.63, 3.8) is 0 Å². The van der Waals surface area contributed by atoms with E-state index in [2.05, 4.69) is 25.6 Å². The first kappa shape index (κ1) is 15.1. The number of fused-ring (bicyclic) bond motifs is 1. The topological polar surface area (TPSA) is 84.2 Å². The SMILES string of the molecule is Cc1cc(=O)n2c(n1)NC(Nc1ccccc1)=NC2c1ccncc1. The number of nitrogens with one attached hydrogen (secondary N) is 2. The van der Waals surface area contributed by atoms with Gasteiger partial charge in [0, 0.05) is 35.4 Å². The minimum absolute atomic E-state index is 0.153. The molecule has 0 amide bonds. The Labute approximate surface area is 144 Å². The van der Waals surface area contributed by atoms with E-state index in [0.717, 1.165) is 11.3 Å². The number of pyridine rings is 1. The molecule has 1 aromatic carbocycles. The van der Waals surface area contributed by atoms with Crippen LogP contribution >= 0.6 is 0 Å². The molecule has 0 saturated heterocycles. The molecule has 1 unspecified atom stereocenters. The summed E-state index contributed by atoms with van der Waals surface area (Å²) in [6.07, 6.45) is 2.86. The molecule has 25 heavy (non-hydrogen) atoms. The van der Waals surface area contributed by atoms with Gasteiger partial charge in [-0.15, -0.1) is 0 Å². The van der Waals surface area contributed by atoms with E-state index in [1.807, 2.05) is 42.5 Å². The molecule has 0 spiro atoms. The van der Waals surface area contributed by atoms with E-state index in [9.17, 15) is 4.79 Å². The predicted octanol–water partition coefficient (Wildman–Crippen LogP) is 2.39. The average molecular weight is 332 g/mol. The highest BCUT2D eigenvalue weighted by Crippen LogP contribution is 2.25. The number of hydrogen-bond acceptors (Lipinski definition) is 6. The standard InChI is InChI=1S/C18H16N6O/c1-12-11-15(25)24-16(13-7-9-19-10-8-13)22-17(23-18(24)20-12)21-14-5-3-2-4-6-14/h2-11,16H,1H3,(H2,20,21,22,23). The van der Waals surface area contributed by atoms with E-state index in [0.29, 0.717) is 17.6 Å². The van der Waals surface area contributed by atoms with Crippen molar-refractivity contribution in [1.82, 2.24) is 14.5 Å². The van der Waals surface area contributed by atoms with Gasteiger partial charge in [0.1, 0.15) is 0 Å². The Kier molecular flexibility index (Phi) is 3.74. The zero-order chi connectivity index (χ0) is 17.2. The summed E-state index contributed by atoms with van der Waals surface area (Å²) in [5, 5.41) is 6.33. The Morgan fingerprint density at radius 2 is 1.88 bits per heavy atom. The fraction of sp³-hybridized carbons (Fsp3) is 0.111. The lowest BCUT2D eigenvalue weighted by Gasteiger charge is -2.26. The fourth-order valence-electron chi connectivity index (χ4n) is 2.73. The summed E-state index contributed by atoms with van der Waals surface area (Å²) in [6.45, 7) is 1.79. The average Bonchev–Trinajstić information content (AvgIpc) is 2.62. The smallest absolute Gasteiger partial charge is 0.257 e. The Balaban J connectivity index is 1.81. The van der Waals surface area contributed by atoms with Crippen LogP contribution in [-0.4, -0.2) is 20.5 Å². The quantitative estimate of drug-likeness (QED) is 0.753. The Morgan fingerprint density at radius 1 is 1.12 bits per heavy atom. The maximum atomic E-state index is 12.5. The van der Waals surface area contributed by atoms with Crippen LogP contribution in [0.3, 0.4) is 0 Å². The minimum atomic E-state index is -0.508. The summed E-state index contributed by atoms with van der Waals surface area (Å²) < 4.78 is 1.54. The van der Waals surface area contributed by atoms with Crippen LogP contribution in [0.4, 0.5) is 11.6 Å². The molecule has 7 heteroatoms. The van der Waals surface area contributed by atoms with Gasteiger partial charge in [0.05, 0.1) is 0 Å². The summed E-state index contributed by atoms with van der Waals surface area (Å²) in [7, 11) is 0. The molecule has 0 fully saturated rings. The molecule has 0 radical (unpaired) electrons. The minimum Gasteiger partial charge on any atom is -0.326 e. The number of guanidine groups is 1. The number of para-hydroxylation sites is 1. The van der Waals surface area contributed by atoms with Gasteiger partial charge in [-0.05, 0) is 31.2 Å². The number of rotatable bonds is 2. The molecule has 124 valence electrons. The second-order valence-electron chi connectivity index (χ2n) is 5.68. The van der Waals surface area contributed by atoms with Gasteiger partial charge in [0.25, 0.3) is 5.56 Å².